The number of aromatic amines is 1. The van der Waals surface area contributed by atoms with Gasteiger partial charge in [0.25, 0.3) is 10.0 Å². The molecular weight excluding hydrogens is 350 g/mol. The summed E-state index contributed by atoms with van der Waals surface area (Å²) in [7, 11) is -3.75. The predicted molar refractivity (Wildman–Crippen MR) is 91.4 cm³/mol. The van der Waals surface area contributed by atoms with Gasteiger partial charge in [0.2, 0.25) is 15.4 Å². The number of nitrogens with one attached hydrogen (secondary N) is 3. The number of H-pyrrole nitrogens is 1. The third kappa shape index (κ3) is 3.61. The topological polar surface area (TPSA) is 117 Å². The quantitative estimate of drug-likeness (QED) is 0.572. The minimum absolute atomic E-state index is 0.152. The summed E-state index contributed by atoms with van der Waals surface area (Å²) >= 11 is 0.808. The van der Waals surface area contributed by atoms with Gasteiger partial charge in [0.15, 0.2) is 0 Å². The maximum absolute atomic E-state index is 12.2. The number of carbonyl (C=O) groups is 1. The molecule has 2 heterocycles. The molecule has 0 saturated heterocycles. The van der Waals surface area contributed by atoms with Crippen molar-refractivity contribution in [2.75, 3.05) is 11.9 Å². The Labute approximate surface area is 142 Å². The first kappa shape index (κ1) is 16.6. The number of rotatable bonds is 6. The van der Waals surface area contributed by atoms with Crippen molar-refractivity contribution in [3.63, 3.8) is 0 Å². The van der Waals surface area contributed by atoms with Gasteiger partial charge in [0.1, 0.15) is 0 Å². The summed E-state index contributed by atoms with van der Waals surface area (Å²) in [6, 6.07) is 7.83. The van der Waals surface area contributed by atoms with E-state index in [-0.39, 0.29) is 21.9 Å². The average Bonchev–Trinajstić information content (AvgIpc) is 3.14. The van der Waals surface area contributed by atoms with Crippen LogP contribution in [0.2, 0.25) is 0 Å². The summed E-state index contributed by atoms with van der Waals surface area (Å²) in [5.74, 6) is -0.331. The van der Waals surface area contributed by atoms with E-state index in [0.717, 1.165) is 27.8 Å². The summed E-state index contributed by atoms with van der Waals surface area (Å²) in [6.45, 7) is 1.55. The number of para-hydroxylation sites is 1. The van der Waals surface area contributed by atoms with Gasteiger partial charge in [-0.05, 0) is 18.1 Å². The van der Waals surface area contributed by atoms with E-state index in [1.54, 1.807) is 0 Å². The van der Waals surface area contributed by atoms with E-state index < -0.39 is 10.0 Å². The number of anilines is 1. The highest BCUT2D eigenvalue weighted by Crippen LogP contribution is 2.20. The molecule has 0 fully saturated rings. The highest BCUT2D eigenvalue weighted by molar-refractivity contribution is 7.91. The lowest BCUT2D eigenvalue weighted by atomic mass is 10.1. The molecule has 0 aliphatic rings. The minimum atomic E-state index is -3.75. The van der Waals surface area contributed by atoms with E-state index in [1.165, 1.54) is 6.92 Å². The zero-order valence-corrected chi connectivity index (χ0v) is 14.4. The SMILES string of the molecule is CC(=O)Nc1nnc(S(=O)(=O)NCCc2c[nH]c3ccccc23)s1. The van der Waals surface area contributed by atoms with Gasteiger partial charge >= 0.3 is 0 Å². The van der Waals surface area contributed by atoms with Gasteiger partial charge in [-0.15, -0.1) is 10.2 Å². The fraction of sp³-hybridized carbons (Fsp3) is 0.214. The number of amides is 1. The molecule has 10 heteroatoms. The third-order valence-corrected chi connectivity index (χ3v) is 5.95. The number of benzene rings is 1. The predicted octanol–water partition coefficient (Wildman–Crippen LogP) is 1.50. The van der Waals surface area contributed by atoms with E-state index in [9.17, 15) is 13.2 Å². The molecule has 126 valence electrons. The zero-order chi connectivity index (χ0) is 17.2. The molecule has 0 aliphatic heterocycles. The van der Waals surface area contributed by atoms with Crippen LogP contribution in [-0.2, 0) is 21.2 Å². The van der Waals surface area contributed by atoms with E-state index in [0.29, 0.717) is 6.42 Å². The first-order chi connectivity index (χ1) is 11.5. The molecule has 0 bridgehead atoms. The molecule has 0 aliphatic carbocycles. The minimum Gasteiger partial charge on any atom is -0.361 e. The summed E-state index contributed by atoms with van der Waals surface area (Å²) in [4.78, 5) is 14.1. The molecule has 1 aromatic carbocycles. The summed E-state index contributed by atoms with van der Waals surface area (Å²) in [6.07, 6.45) is 2.42. The van der Waals surface area contributed by atoms with Gasteiger partial charge in [-0.3, -0.25) is 4.79 Å². The van der Waals surface area contributed by atoms with Crippen molar-refractivity contribution in [3.8, 4) is 0 Å². The normalized spacial score (nSPS) is 11.7. The van der Waals surface area contributed by atoms with Crippen LogP contribution in [0.4, 0.5) is 5.13 Å². The Balaban J connectivity index is 1.65. The van der Waals surface area contributed by atoms with E-state index in [4.69, 9.17) is 0 Å². The van der Waals surface area contributed by atoms with E-state index in [1.807, 2.05) is 30.5 Å². The van der Waals surface area contributed by atoms with Gasteiger partial charge in [0.05, 0.1) is 0 Å². The number of aromatic nitrogens is 3. The lowest BCUT2D eigenvalue weighted by Crippen LogP contribution is -2.25. The van der Waals surface area contributed by atoms with Gasteiger partial charge in [-0.25, -0.2) is 13.1 Å². The Morgan fingerprint density at radius 3 is 2.88 bits per heavy atom. The lowest BCUT2D eigenvalue weighted by molar-refractivity contribution is -0.114. The number of nitrogens with zero attached hydrogens (tertiary/aromatic N) is 2. The number of hydrogen-bond donors (Lipinski definition) is 3. The van der Waals surface area contributed by atoms with Crippen molar-refractivity contribution in [1.29, 1.82) is 0 Å². The molecule has 0 atom stereocenters. The van der Waals surface area contributed by atoms with E-state index in [2.05, 4.69) is 25.2 Å². The fourth-order valence-electron chi connectivity index (χ4n) is 2.24. The van der Waals surface area contributed by atoms with Crippen LogP contribution >= 0.6 is 11.3 Å². The smallest absolute Gasteiger partial charge is 0.269 e. The number of fused-ring (bicyclic) bond motifs is 1. The van der Waals surface area contributed by atoms with Gasteiger partial charge in [0, 0.05) is 30.6 Å². The van der Waals surface area contributed by atoms with Crippen LogP contribution in [-0.4, -0.2) is 36.1 Å². The van der Waals surface area contributed by atoms with Crippen molar-refractivity contribution in [2.45, 2.75) is 17.7 Å². The van der Waals surface area contributed by atoms with Crippen LogP contribution in [0.3, 0.4) is 0 Å². The molecular formula is C14H15N5O3S2. The molecule has 3 rings (SSSR count). The molecule has 3 N–H and O–H groups in total. The first-order valence-electron chi connectivity index (χ1n) is 7.11. The van der Waals surface area contributed by atoms with Crippen molar-refractivity contribution in [3.05, 3.63) is 36.0 Å². The molecule has 2 aromatic heterocycles. The third-order valence-electron chi connectivity index (χ3n) is 3.28. The highest BCUT2D eigenvalue weighted by Gasteiger charge is 2.20. The molecule has 24 heavy (non-hydrogen) atoms. The monoisotopic (exact) mass is 365 g/mol. The highest BCUT2D eigenvalue weighted by atomic mass is 32.2. The first-order valence-corrected chi connectivity index (χ1v) is 9.41. The van der Waals surface area contributed by atoms with Crippen molar-refractivity contribution in [1.82, 2.24) is 19.9 Å². The molecule has 3 aromatic rings. The van der Waals surface area contributed by atoms with Crippen LogP contribution in [0.5, 0.6) is 0 Å². The lowest BCUT2D eigenvalue weighted by Gasteiger charge is -2.03. The maximum atomic E-state index is 12.2. The Bertz CT molecular complexity index is 977. The second kappa shape index (κ2) is 6.67. The molecule has 0 unspecified atom stereocenters. The van der Waals surface area contributed by atoms with Gasteiger partial charge in [-0.1, -0.05) is 29.5 Å². The largest absolute Gasteiger partial charge is 0.361 e. The van der Waals surface area contributed by atoms with Gasteiger partial charge in [-0.2, -0.15) is 0 Å². The second-order valence-corrected chi connectivity index (χ2v) is 7.98. The molecule has 0 radical (unpaired) electrons. The number of sulfonamides is 1. The summed E-state index contributed by atoms with van der Waals surface area (Å²) < 4.78 is 26.7. The summed E-state index contributed by atoms with van der Waals surface area (Å²) in [5.41, 5.74) is 2.05. The number of hydrogen-bond acceptors (Lipinski definition) is 6. The Morgan fingerprint density at radius 2 is 2.08 bits per heavy atom. The van der Waals surface area contributed by atoms with E-state index >= 15 is 0 Å². The Kier molecular flexibility index (Phi) is 4.60. The van der Waals surface area contributed by atoms with Crippen LogP contribution in [0.15, 0.2) is 34.8 Å². The second-order valence-electron chi connectivity index (χ2n) is 5.06. The van der Waals surface area contributed by atoms with Crippen molar-refractivity contribution < 1.29 is 13.2 Å². The molecule has 8 nitrogen and oxygen atoms in total. The Hall–Kier alpha value is -2.30. The van der Waals surface area contributed by atoms with Crippen LogP contribution in [0, 0.1) is 0 Å². The standard InChI is InChI=1S/C14H15N5O3S2/c1-9(20)17-13-18-19-14(23-13)24(21,22)16-7-6-10-8-15-12-5-3-2-4-11(10)12/h2-5,8,15-16H,6-7H2,1H3,(H,17,18,20). The van der Waals surface area contributed by atoms with Crippen LogP contribution in [0.1, 0.15) is 12.5 Å². The summed E-state index contributed by atoms with van der Waals surface area (Å²) in [5, 5.41) is 10.9. The average molecular weight is 365 g/mol. The maximum Gasteiger partial charge on any atom is 0.269 e. The van der Waals surface area contributed by atoms with Crippen LogP contribution < -0.4 is 10.0 Å². The van der Waals surface area contributed by atoms with Crippen molar-refractivity contribution in [2.24, 2.45) is 0 Å². The fourth-order valence-corrected chi connectivity index (χ4v) is 4.26. The molecule has 1 amide bonds. The van der Waals surface area contributed by atoms with Crippen LogP contribution in [0.25, 0.3) is 10.9 Å². The Morgan fingerprint density at radius 1 is 1.29 bits per heavy atom. The van der Waals surface area contributed by atoms with Crippen molar-refractivity contribution >= 4 is 43.3 Å². The number of carbonyl (C=O) groups excluding carboxylic acids is 1. The van der Waals surface area contributed by atoms with Gasteiger partial charge < -0.3 is 10.3 Å². The molecule has 0 saturated carbocycles. The molecule has 0 spiro atoms. The zero-order valence-electron chi connectivity index (χ0n) is 12.7.